The number of carbonyl (C=O) groups excluding carboxylic acids is 1. The molecule has 4 saturated carbocycles. The molecular formula is C16H23N3O2. The topological polar surface area (TPSA) is 67.0 Å². The van der Waals surface area contributed by atoms with E-state index in [4.69, 9.17) is 4.74 Å². The number of methoxy groups -OCH3 is 1. The van der Waals surface area contributed by atoms with Gasteiger partial charge in [0.25, 0.3) is 5.91 Å². The van der Waals surface area contributed by atoms with Crippen molar-refractivity contribution in [3.05, 3.63) is 11.9 Å². The van der Waals surface area contributed by atoms with Crippen LogP contribution in [0.2, 0.25) is 0 Å². The van der Waals surface area contributed by atoms with Crippen molar-refractivity contribution in [1.82, 2.24) is 9.97 Å². The van der Waals surface area contributed by atoms with Gasteiger partial charge in [-0.3, -0.25) is 10.1 Å². The Morgan fingerprint density at radius 1 is 1.33 bits per heavy atom. The number of aromatic nitrogens is 2. The van der Waals surface area contributed by atoms with E-state index in [1.165, 1.54) is 51.3 Å². The molecule has 0 atom stereocenters. The van der Waals surface area contributed by atoms with Crippen molar-refractivity contribution < 1.29 is 9.53 Å². The summed E-state index contributed by atoms with van der Waals surface area (Å²) in [6.45, 7) is 0.0629. The van der Waals surface area contributed by atoms with Gasteiger partial charge in [0, 0.05) is 18.2 Å². The first kappa shape index (κ1) is 13.3. The van der Waals surface area contributed by atoms with Crippen molar-refractivity contribution in [2.24, 2.45) is 17.8 Å². The molecule has 1 amide bonds. The molecule has 2 N–H and O–H groups in total. The summed E-state index contributed by atoms with van der Waals surface area (Å²) in [5.74, 6) is 3.12. The summed E-state index contributed by atoms with van der Waals surface area (Å²) in [5.41, 5.74) is 1.53. The molecule has 4 aliphatic rings. The van der Waals surface area contributed by atoms with Gasteiger partial charge in [0.15, 0.2) is 0 Å². The first-order valence-corrected chi connectivity index (χ1v) is 8.01. The zero-order valence-electron chi connectivity index (χ0n) is 12.5. The predicted molar refractivity (Wildman–Crippen MR) is 78.9 cm³/mol. The molecule has 0 spiro atoms. The Kier molecular flexibility index (Phi) is 3.06. The van der Waals surface area contributed by atoms with Crippen molar-refractivity contribution in [3.8, 4) is 0 Å². The van der Waals surface area contributed by atoms with Crippen LogP contribution in [-0.2, 0) is 14.9 Å². The smallest absolute Gasteiger partial charge is 0.252 e. The second-order valence-electron chi connectivity index (χ2n) is 7.32. The zero-order valence-corrected chi connectivity index (χ0v) is 12.5. The number of nitrogens with zero attached hydrogens (tertiary/aromatic N) is 1. The molecule has 0 radical (unpaired) electrons. The molecule has 5 heteroatoms. The third-order valence-electron chi connectivity index (χ3n) is 5.72. The van der Waals surface area contributed by atoms with Gasteiger partial charge < -0.3 is 9.72 Å². The van der Waals surface area contributed by atoms with E-state index in [9.17, 15) is 4.79 Å². The summed E-state index contributed by atoms with van der Waals surface area (Å²) in [6.07, 6.45) is 10.1. The number of anilines is 1. The van der Waals surface area contributed by atoms with E-state index < -0.39 is 0 Å². The highest BCUT2D eigenvalue weighted by Crippen LogP contribution is 2.60. The maximum Gasteiger partial charge on any atom is 0.252 e. The van der Waals surface area contributed by atoms with Gasteiger partial charge in [0.1, 0.15) is 6.61 Å². The van der Waals surface area contributed by atoms with E-state index in [1.807, 2.05) is 6.20 Å². The van der Waals surface area contributed by atoms with Crippen molar-refractivity contribution in [3.63, 3.8) is 0 Å². The van der Waals surface area contributed by atoms with Crippen LogP contribution < -0.4 is 5.32 Å². The number of aromatic amines is 1. The Labute approximate surface area is 124 Å². The molecule has 5 rings (SSSR count). The molecule has 0 saturated heterocycles. The lowest BCUT2D eigenvalue weighted by atomic mass is 9.49. The highest BCUT2D eigenvalue weighted by Gasteiger charge is 2.52. The van der Waals surface area contributed by atoms with Crippen LogP contribution in [0, 0.1) is 17.8 Å². The van der Waals surface area contributed by atoms with Gasteiger partial charge in [-0.1, -0.05) is 0 Å². The number of hydrogen-bond donors (Lipinski definition) is 2. The van der Waals surface area contributed by atoms with Crippen LogP contribution in [0.15, 0.2) is 6.20 Å². The van der Waals surface area contributed by atoms with E-state index in [1.54, 1.807) is 0 Å². The molecule has 21 heavy (non-hydrogen) atoms. The lowest BCUT2D eigenvalue weighted by Crippen LogP contribution is -2.48. The normalized spacial score (nSPS) is 36.9. The minimum absolute atomic E-state index is 0.0629. The van der Waals surface area contributed by atoms with Gasteiger partial charge in [0.2, 0.25) is 5.95 Å². The van der Waals surface area contributed by atoms with E-state index in [0.29, 0.717) is 11.4 Å². The number of nitrogens with one attached hydrogen (secondary N) is 2. The van der Waals surface area contributed by atoms with Crippen LogP contribution in [0.1, 0.15) is 44.2 Å². The summed E-state index contributed by atoms with van der Waals surface area (Å²) in [6, 6.07) is 0. The van der Waals surface area contributed by atoms with Gasteiger partial charge in [-0.05, 0) is 56.3 Å². The van der Waals surface area contributed by atoms with Crippen LogP contribution >= 0.6 is 0 Å². The standard InChI is InChI=1S/C16H23N3O2/c1-21-9-14(20)19-15-17-8-13(18-15)16-5-10-2-11(6-16)4-12(3-10)7-16/h8,10-12H,2-7,9H2,1H3,(H2,17,18,19,20). The van der Waals surface area contributed by atoms with Crippen molar-refractivity contribution in [1.29, 1.82) is 0 Å². The highest BCUT2D eigenvalue weighted by atomic mass is 16.5. The minimum atomic E-state index is -0.163. The van der Waals surface area contributed by atoms with E-state index >= 15 is 0 Å². The Morgan fingerprint density at radius 2 is 1.95 bits per heavy atom. The average molecular weight is 289 g/mol. The quantitative estimate of drug-likeness (QED) is 0.894. The molecule has 0 aliphatic heterocycles. The first-order chi connectivity index (χ1) is 10.2. The Bertz CT molecular complexity index is 516. The predicted octanol–water partition coefficient (Wildman–Crippen LogP) is 2.46. The molecule has 4 aliphatic carbocycles. The third kappa shape index (κ3) is 2.27. The fourth-order valence-corrected chi connectivity index (χ4v) is 5.39. The molecule has 4 bridgehead atoms. The Balaban J connectivity index is 1.54. The number of ether oxygens (including phenoxy) is 1. The monoisotopic (exact) mass is 289 g/mol. The maximum atomic E-state index is 11.6. The number of rotatable bonds is 4. The highest BCUT2D eigenvalue weighted by molar-refractivity contribution is 5.89. The minimum Gasteiger partial charge on any atom is -0.375 e. The van der Waals surface area contributed by atoms with Crippen LogP contribution in [0.4, 0.5) is 5.95 Å². The van der Waals surface area contributed by atoms with Crippen molar-refractivity contribution in [2.75, 3.05) is 19.0 Å². The third-order valence-corrected chi connectivity index (χ3v) is 5.72. The number of amides is 1. The average Bonchev–Trinajstić information content (AvgIpc) is 2.86. The zero-order chi connectivity index (χ0) is 14.4. The van der Waals surface area contributed by atoms with Crippen LogP contribution in [-0.4, -0.2) is 29.6 Å². The van der Waals surface area contributed by atoms with E-state index in [2.05, 4.69) is 15.3 Å². The van der Waals surface area contributed by atoms with Gasteiger partial charge in [-0.2, -0.15) is 0 Å². The molecule has 4 fully saturated rings. The largest absolute Gasteiger partial charge is 0.375 e. The van der Waals surface area contributed by atoms with Crippen molar-refractivity contribution >= 4 is 11.9 Å². The summed E-state index contributed by atoms with van der Waals surface area (Å²) in [5, 5.41) is 2.76. The molecule has 1 aromatic heterocycles. The molecular weight excluding hydrogens is 266 g/mol. The Morgan fingerprint density at radius 3 is 2.52 bits per heavy atom. The number of carbonyl (C=O) groups is 1. The fraction of sp³-hybridized carbons (Fsp3) is 0.750. The second-order valence-corrected chi connectivity index (χ2v) is 7.32. The summed E-state index contributed by atoms with van der Waals surface area (Å²) >= 11 is 0. The van der Waals surface area contributed by atoms with Crippen LogP contribution in [0.25, 0.3) is 0 Å². The summed E-state index contributed by atoms with van der Waals surface area (Å²) in [4.78, 5) is 19.3. The molecule has 5 nitrogen and oxygen atoms in total. The van der Waals surface area contributed by atoms with Gasteiger partial charge in [-0.15, -0.1) is 0 Å². The molecule has 1 aromatic rings. The van der Waals surface area contributed by atoms with Crippen LogP contribution in [0.5, 0.6) is 0 Å². The number of H-pyrrole nitrogens is 1. The number of imidazole rings is 1. The second kappa shape index (κ2) is 4.83. The summed E-state index contributed by atoms with van der Waals surface area (Å²) < 4.78 is 4.83. The Hall–Kier alpha value is -1.36. The molecule has 0 aromatic carbocycles. The van der Waals surface area contributed by atoms with Crippen LogP contribution in [0.3, 0.4) is 0 Å². The van der Waals surface area contributed by atoms with Gasteiger partial charge >= 0.3 is 0 Å². The van der Waals surface area contributed by atoms with E-state index in [0.717, 1.165) is 17.8 Å². The van der Waals surface area contributed by atoms with E-state index in [-0.39, 0.29) is 12.5 Å². The molecule has 0 unspecified atom stereocenters. The molecule has 114 valence electrons. The summed E-state index contributed by atoms with van der Waals surface area (Å²) in [7, 11) is 1.52. The lowest BCUT2D eigenvalue weighted by molar-refractivity contribution is -0.119. The van der Waals surface area contributed by atoms with Gasteiger partial charge in [0.05, 0.1) is 6.20 Å². The molecule has 1 heterocycles. The lowest BCUT2D eigenvalue weighted by Gasteiger charge is -2.56. The maximum absolute atomic E-state index is 11.6. The van der Waals surface area contributed by atoms with Gasteiger partial charge in [-0.25, -0.2) is 4.98 Å². The number of hydrogen-bond acceptors (Lipinski definition) is 3. The van der Waals surface area contributed by atoms with Crippen molar-refractivity contribution in [2.45, 2.75) is 43.9 Å². The first-order valence-electron chi connectivity index (χ1n) is 8.01. The fourth-order valence-electron chi connectivity index (χ4n) is 5.39. The SMILES string of the molecule is COCC(=O)Nc1ncc(C23CC4CC(CC(C4)C2)C3)[nH]1.